The second-order valence-corrected chi connectivity index (χ2v) is 7.34. The lowest BCUT2D eigenvalue weighted by Crippen LogP contribution is -2.53. The van der Waals surface area contributed by atoms with Crippen LogP contribution in [0.3, 0.4) is 0 Å². The lowest BCUT2D eigenvalue weighted by molar-refractivity contribution is 0.371. The van der Waals surface area contributed by atoms with Crippen molar-refractivity contribution in [3.63, 3.8) is 0 Å². The monoisotopic (exact) mass is 372 g/mol. The molecule has 2 heterocycles. The number of nitrogens with zero attached hydrogens (tertiary/aromatic N) is 3. The van der Waals surface area contributed by atoms with E-state index in [0.717, 1.165) is 44.4 Å². The Bertz CT molecular complexity index is 708. The molecule has 1 aliphatic rings. The third kappa shape index (κ3) is 4.49. The number of piperazine rings is 1. The van der Waals surface area contributed by atoms with Gasteiger partial charge >= 0.3 is 0 Å². The standard InChI is InChI=1S/C20H28N4OS/c1-16(17-7-12-26-15-17)14-22-20(21-2)24-10-8-23(9-11-24)18-5-4-6-19(13-18)25-3/h4-7,12-13,15-16H,8-11,14H2,1-3H3,(H,21,22). The fraction of sp³-hybridized carbons (Fsp3) is 0.450. The van der Waals surface area contributed by atoms with Gasteiger partial charge in [0.2, 0.25) is 0 Å². The van der Waals surface area contributed by atoms with Gasteiger partial charge in [0, 0.05) is 51.5 Å². The predicted molar refractivity (Wildman–Crippen MR) is 111 cm³/mol. The average Bonchev–Trinajstić information content (AvgIpc) is 3.24. The highest BCUT2D eigenvalue weighted by Gasteiger charge is 2.20. The Morgan fingerprint density at radius 2 is 2.08 bits per heavy atom. The molecule has 1 N–H and O–H groups in total. The van der Waals surface area contributed by atoms with Gasteiger partial charge < -0.3 is 19.9 Å². The Morgan fingerprint density at radius 3 is 2.73 bits per heavy atom. The number of anilines is 1. The Hall–Kier alpha value is -2.21. The zero-order valence-electron chi connectivity index (χ0n) is 15.8. The normalized spacial score (nSPS) is 16.5. The molecule has 1 aliphatic heterocycles. The fourth-order valence-electron chi connectivity index (χ4n) is 3.23. The summed E-state index contributed by atoms with van der Waals surface area (Å²) in [7, 11) is 3.58. The average molecular weight is 373 g/mol. The molecule has 0 spiro atoms. The van der Waals surface area contributed by atoms with Crippen LogP contribution in [0.5, 0.6) is 5.75 Å². The molecule has 5 nitrogen and oxygen atoms in total. The molecule has 1 aromatic carbocycles. The molecule has 6 heteroatoms. The summed E-state index contributed by atoms with van der Waals surface area (Å²) in [4.78, 5) is 9.23. The Kier molecular flexibility index (Phi) is 6.39. The summed E-state index contributed by atoms with van der Waals surface area (Å²) in [5, 5.41) is 7.90. The van der Waals surface area contributed by atoms with E-state index < -0.39 is 0 Å². The minimum atomic E-state index is 0.482. The molecule has 1 aromatic heterocycles. The van der Waals surface area contributed by atoms with E-state index in [4.69, 9.17) is 4.74 Å². The molecule has 1 fully saturated rings. The first-order valence-corrected chi connectivity index (χ1v) is 10.0. The van der Waals surface area contributed by atoms with Crippen molar-refractivity contribution in [3.05, 3.63) is 46.7 Å². The SMILES string of the molecule is CN=C(NCC(C)c1ccsc1)N1CCN(c2cccc(OC)c2)CC1. The molecule has 1 atom stereocenters. The van der Waals surface area contributed by atoms with Crippen LogP contribution in [0.15, 0.2) is 46.1 Å². The summed E-state index contributed by atoms with van der Waals surface area (Å²) >= 11 is 1.75. The van der Waals surface area contributed by atoms with Crippen LogP contribution in [-0.2, 0) is 0 Å². The van der Waals surface area contributed by atoms with Gasteiger partial charge in [-0.2, -0.15) is 11.3 Å². The van der Waals surface area contributed by atoms with E-state index in [-0.39, 0.29) is 0 Å². The van der Waals surface area contributed by atoms with Crippen LogP contribution in [0, 0.1) is 0 Å². The summed E-state index contributed by atoms with van der Waals surface area (Å²) in [5.41, 5.74) is 2.61. The second kappa shape index (κ2) is 8.94. The van der Waals surface area contributed by atoms with Crippen molar-refractivity contribution in [2.45, 2.75) is 12.8 Å². The van der Waals surface area contributed by atoms with Gasteiger partial charge in [0.15, 0.2) is 5.96 Å². The minimum absolute atomic E-state index is 0.482. The highest BCUT2D eigenvalue weighted by atomic mass is 32.1. The van der Waals surface area contributed by atoms with Crippen LogP contribution in [0.1, 0.15) is 18.4 Å². The molecule has 0 saturated carbocycles. The number of ether oxygens (including phenoxy) is 1. The van der Waals surface area contributed by atoms with E-state index in [2.05, 4.69) is 56.0 Å². The van der Waals surface area contributed by atoms with E-state index >= 15 is 0 Å². The van der Waals surface area contributed by atoms with Gasteiger partial charge in [-0.3, -0.25) is 4.99 Å². The van der Waals surface area contributed by atoms with E-state index in [1.54, 1.807) is 18.4 Å². The van der Waals surface area contributed by atoms with Crippen LogP contribution >= 0.6 is 11.3 Å². The first kappa shape index (κ1) is 18.6. The molecule has 0 amide bonds. The van der Waals surface area contributed by atoms with Crippen molar-refractivity contribution in [1.82, 2.24) is 10.2 Å². The van der Waals surface area contributed by atoms with Crippen molar-refractivity contribution in [2.24, 2.45) is 4.99 Å². The molecule has 1 saturated heterocycles. The highest BCUT2D eigenvalue weighted by molar-refractivity contribution is 7.07. The quantitative estimate of drug-likeness (QED) is 0.646. The van der Waals surface area contributed by atoms with Gasteiger partial charge in [0.1, 0.15) is 5.75 Å². The minimum Gasteiger partial charge on any atom is -0.497 e. The van der Waals surface area contributed by atoms with Gasteiger partial charge in [-0.05, 0) is 40.4 Å². The van der Waals surface area contributed by atoms with Crippen LogP contribution in [0.2, 0.25) is 0 Å². The Balaban J connectivity index is 1.52. The van der Waals surface area contributed by atoms with Crippen molar-refractivity contribution in [1.29, 1.82) is 0 Å². The predicted octanol–water partition coefficient (Wildman–Crippen LogP) is 3.26. The van der Waals surface area contributed by atoms with Gasteiger partial charge in [0.25, 0.3) is 0 Å². The third-order valence-corrected chi connectivity index (χ3v) is 5.59. The van der Waals surface area contributed by atoms with Crippen LogP contribution in [0.25, 0.3) is 0 Å². The summed E-state index contributed by atoms with van der Waals surface area (Å²) < 4.78 is 5.34. The number of methoxy groups -OCH3 is 1. The zero-order chi connectivity index (χ0) is 18.4. The van der Waals surface area contributed by atoms with E-state index in [9.17, 15) is 0 Å². The van der Waals surface area contributed by atoms with Crippen molar-refractivity contribution in [2.75, 3.05) is 51.8 Å². The first-order chi connectivity index (χ1) is 12.7. The zero-order valence-corrected chi connectivity index (χ0v) is 16.6. The van der Waals surface area contributed by atoms with E-state index in [1.807, 2.05) is 19.2 Å². The number of benzene rings is 1. The van der Waals surface area contributed by atoms with Gasteiger partial charge in [-0.15, -0.1) is 0 Å². The molecule has 0 radical (unpaired) electrons. The summed E-state index contributed by atoms with van der Waals surface area (Å²) in [6, 6.07) is 10.5. The van der Waals surface area contributed by atoms with E-state index in [1.165, 1.54) is 11.3 Å². The number of rotatable bonds is 5. The highest BCUT2D eigenvalue weighted by Crippen LogP contribution is 2.22. The summed E-state index contributed by atoms with van der Waals surface area (Å²) in [5.74, 6) is 2.39. The summed E-state index contributed by atoms with van der Waals surface area (Å²) in [6.45, 7) is 7.04. The molecule has 2 aromatic rings. The second-order valence-electron chi connectivity index (χ2n) is 6.56. The lowest BCUT2D eigenvalue weighted by Gasteiger charge is -2.38. The van der Waals surface area contributed by atoms with Crippen molar-refractivity contribution in [3.8, 4) is 5.75 Å². The number of guanidine groups is 1. The van der Waals surface area contributed by atoms with Gasteiger partial charge in [-0.1, -0.05) is 13.0 Å². The van der Waals surface area contributed by atoms with Gasteiger partial charge in [0.05, 0.1) is 7.11 Å². The van der Waals surface area contributed by atoms with E-state index in [0.29, 0.717) is 5.92 Å². The van der Waals surface area contributed by atoms with Crippen LogP contribution in [-0.4, -0.2) is 57.7 Å². The molecular formula is C20H28N4OS. The maximum Gasteiger partial charge on any atom is 0.193 e. The van der Waals surface area contributed by atoms with Crippen molar-refractivity contribution < 1.29 is 4.74 Å². The number of hydrogen-bond acceptors (Lipinski definition) is 4. The molecule has 26 heavy (non-hydrogen) atoms. The van der Waals surface area contributed by atoms with Crippen LogP contribution < -0.4 is 15.0 Å². The number of aliphatic imine (C=N–C) groups is 1. The molecule has 0 aliphatic carbocycles. The maximum atomic E-state index is 5.34. The number of nitrogens with one attached hydrogen (secondary N) is 1. The molecular weight excluding hydrogens is 344 g/mol. The first-order valence-electron chi connectivity index (χ1n) is 9.08. The Morgan fingerprint density at radius 1 is 1.27 bits per heavy atom. The topological polar surface area (TPSA) is 40.1 Å². The summed E-state index contributed by atoms with van der Waals surface area (Å²) in [6.07, 6.45) is 0. The fourth-order valence-corrected chi connectivity index (χ4v) is 4.02. The number of hydrogen-bond donors (Lipinski definition) is 1. The lowest BCUT2D eigenvalue weighted by atomic mass is 10.1. The maximum absolute atomic E-state index is 5.34. The van der Waals surface area contributed by atoms with Crippen LogP contribution in [0.4, 0.5) is 5.69 Å². The van der Waals surface area contributed by atoms with Gasteiger partial charge in [-0.25, -0.2) is 0 Å². The molecule has 0 bridgehead atoms. The van der Waals surface area contributed by atoms with Crippen molar-refractivity contribution >= 4 is 23.0 Å². The smallest absolute Gasteiger partial charge is 0.193 e. The number of thiophene rings is 1. The third-order valence-electron chi connectivity index (χ3n) is 4.89. The Labute approximate surface area is 160 Å². The molecule has 1 unspecified atom stereocenters. The molecule has 3 rings (SSSR count). The molecule has 140 valence electrons. The largest absolute Gasteiger partial charge is 0.497 e.